The summed E-state index contributed by atoms with van der Waals surface area (Å²) in [5.74, 6) is 0. The lowest BCUT2D eigenvalue weighted by atomic mass is 9.96. The van der Waals surface area contributed by atoms with Crippen LogP contribution in [0.25, 0.3) is 0 Å². The number of hydrogen-bond donors (Lipinski definition) is 4. The van der Waals surface area contributed by atoms with Gasteiger partial charge in [0.25, 0.3) is 0 Å². The van der Waals surface area contributed by atoms with Crippen molar-refractivity contribution in [2.75, 3.05) is 6.61 Å². The molecule has 1 rings (SSSR count). The van der Waals surface area contributed by atoms with Gasteiger partial charge in [-0.3, -0.25) is 0 Å². The van der Waals surface area contributed by atoms with Crippen LogP contribution in [0, 0.1) is 0 Å². The van der Waals surface area contributed by atoms with Gasteiger partial charge in [-0.2, -0.15) is 0 Å². The molecule has 0 bridgehead atoms. The maximum absolute atomic E-state index is 10.0. The van der Waals surface area contributed by atoms with Crippen LogP contribution in [0.4, 0.5) is 0 Å². The van der Waals surface area contributed by atoms with Crippen LogP contribution in [0.1, 0.15) is 59.3 Å². The zero-order chi connectivity index (χ0) is 18.3. The fourth-order valence-electron chi connectivity index (χ4n) is 2.85. The van der Waals surface area contributed by atoms with E-state index in [-0.39, 0.29) is 0 Å². The summed E-state index contributed by atoms with van der Waals surface area (Å²) in [6, 6.07) is 0. The van der Waals surface area contributed by atoms with Crippen molar-refractivity contribution in [1.29, 1.82) is 0 Å². The molecule has 1 aliphatic heterocycles. The van der Waals surface area contributed by atoms with Crippen molar-refractivity contribution in [2.24, 2.45) is 0 Å². The molecule has 0 radical (unpaired) electrons. The highest BCUT2D eigenvalue weighted by molar-refractivity contribution is 4.94. The van der Waals surface area contributed by atoms with E-state index in [0.717, 1.165) is 38.5 Å². The molecule has 6 heteroatoms. The molecule has 1 heterocycles. The second kappa shape index (κ2) is 9.85. The molecular formula is C18H34O6. The highest BCUT2D eigenvalue weighted by Gasteiger charge is 2.45. The zero-order valence-corrected chi connectivity index (χ0v) is 15.1. The van der Waals surface area contributed by atoms with E-state index in [1.807, 2.05) is 13.8 Å². The molecule has 24 heavy (non-hydrogen) atoms. The Balaban J connectivity index is 2.48. The van der Waals surface area contributed by atoms with Gasteiger partial charge in [0.15, 0.2) is 6.29 Å². The average Bonchev–Trinajstić information content (AvgIpc) is 2.53. The number of ether oxygens (including phenoxy) is 2. The van der Waals surface area contributed by atoms with Gasteiger partial charge in [0.1, 0.15) is 24.4 Å². The molecule has 6 nitrogen and oxygen atoms in total. The predicted molar refractivity (Wildman–Crippen MR) is 91.4 cm³/mol. The fourth-order valence-corrected chi connectivity index (χ4v) is 2.85. The topological polar surface area (TPSA) is 99.4 Å². The minimum absolute atomic E-state index is 0.456. The van der Waals surface area contributed by atoms with E-state index in [2.05, 4.69) is 13.5 Å². The maximum Gasteiger partial charge on any atom is 0.187 e. The van der Waals surface area contributed by atoms with Crippen LogP contribution in [0.3, 0.4) is 0 Å². The zero-order valence-electron chi connectivity index (χ0n) is 15.1. The Morgan fingerprint density at radius 3 is 2.29 bits per heavy atom. The SMILES string of the molecule is C=C(CCCC)CCCC(C)(C)OC1OC(CO)C(O)C(O)C1O. The van der Waals surface area contributed by atoms with Crippen molar-refractivity contribution >= 4 is 0 Å². The third-order valence-electron chi connectivity index (χ3n) is 4.48. The molecular weight excluding hydrogens is 312 g/mol. The van der Waals surface area contributed by atoms with Crippen LogP contribution in [0.15, 0.2) is 12.2 Å². The molecule has 142 valence electrons. The lowest BCUT2D eigenvalue weighted by Gasteiger charge is -2.42. The van der Waals surface area contributed by atoms with Crippen LogP contribution in [0.2, 0.25) is 0 Å². The number of hydrogen-bond acceptors (Lipinski definition) is 6. The molecule has 0 saturated carbocycles. The van der Waals surface area contributed by atoms with Crippen LogP contribution in [-0.4, -0.2) is 63.3 Å². The minimum Gasteiger partial charge on any atom is -0.394 e. The molecule has 0 spiro atoms. The van der Waals surface area contributed by atoms with Crippen molar-refractivity contribution in [3.8, 4) is 0 Å². The Hall–Kier alpha value is -0.500. The Bertz CT molecular complexity index is 382. The molecule has 4 N–H and O–H groups in total. The van der Waals surface area contributed by atoms with Crippen molar-refractivity contribution in [1.82, 2.24) is 0 Å². The standard InChI is InChI=1S/C18H34O6/c1-5-6-8-12(2)9-7-10-18(3,4)24-17-16(22)15(21)14(20)13(11-19)23-17/h13-17,19-22H,2,5-11H2,1,3-4H3. The molecule has 1 aliphatic rings. The summed E-state index contributed by atoms with van der Waals surface area (Å²) < 4.78 is 11.2. The summed E-state index contributed by atoms with van der Waals surface area (Å²) in [6.45, 7) is 9.57. The van der Waals surface area contributed by atoms with Gasteiger partial charge in [-0.15, -0.1) is 0 Å². The third kappa shape index (κ3) is 6.43. The monoisotopic (exact) mass is 346 g/mol. The Labute approximate surface area is 145 Å². The van der Waals surface area contributed by atoms with Crippen molar-refractivity contribution in [2.45, 2.75) is 95.6 Å². The average molecular weight is 346 g/mol. The molecule has 0 aromatic rings. The van der Waals surface area contributed by atoms with E-state index in [9.17, 15) is 20.4 Å². The highest BCUT2D eigenvalue weighted by atomic mass is 16.7. The second-order valence-corrected chi connectivity index (χ2v) is 7.28. The van der Waals surface area contributed by atoms with E-state index >= 15 is 0 Å². The van der Waals surface area contributed by atoms with Crippen molar-refractivity contribution in [3.05, 3.63) is 12.2 Å². The third-order valence-corrected chi connectivity index (χ3v) is 4.48. The summed E-state index contributed by atoms with van der Waals surface area (Å²) in [5.41, 5.74) is 0.666. The molecule has 0 aromatic heterocycles. The summed E-state index contributed by atoms with van der Waals surface area (Å²) >= 11 is 0. The molecule has 1 saturated heterocycles. The number of aliphatic hydroxyl groups is 4. The number of rotatable bonds is 10. The number of unbranched alkanes of at least 4 members (excludes halogenated alkanes) is 1. The highest BCUT2D eigenvalue weighted by Crippen LogP contribution is 2.28. The van der Waals surface area contributed by atoms with Gasteiger partial charge in [-0.05, 0) is 46.0 Å². The first-order chi connectivity index (χ1) is 11.2. The van der Waals surface area contributed by atoms with Crippen molar-refractivity contribution < 1.29 is 29.9 Å². The summed E-state index contributed by atoms with van der Waals surface area (Å²) in [6.07, 6.45) is -0.223. The normalized spacial score (nSPS) is 31.2. The Kier molecular flexibility index (Phi) is 8.84. The van der Waals surface area contributed by atoms with Gasteiger partial charge in [-0.1, -0.05) is 25.5 Å². The van der Waals surface area contributed by atoms with Gasteiger partial charge < -0.3 is 29.9 Å². The van der Waals surface area contributed by atoms with Gasteiger partial charge in [0.2, 0.25) is 0 Å². The number of aliphatic hydroxyl groups excluding tert-OH is 4. The quantitative estimate of drug-likeness (QED) is 0.447. The van der Waals surface area contributed by atoms with Crippen LogP contribution in [-0.2, 0) is 9.47 Å². The van der Waals surface area contributed by atoms with Gasteiger partial charge in [-0.25, -0.2) is 0 Å². The first-order valence-corrected chi connectivity index (χ1v) is 8.86. The maximum atomic E-state index is 10.0. The predicted octanol–water partition coefficient (Wildman–Crippen LogP) is 1.50. The van der Waals surface area contributed by atoms with Crippen LogP contribution >= 0.6 is 0 Å². The van der Waals surface area contributed by atoms with E-state index in [0.29, 0.717) is 0 Å². The first kappa shape index (κ1) is 21.5. The van der Waals surface area contributed by atoms with E-state index in [1.165, 1.54) is 5.57 Å². The Morgan fingerprint density at radius 2 is 1.71 bits per heavy atom. The number of allylic oxidation sites excluding steroid dienone is 1. The molecule has 5 atom stereocenters. The summed E-state index contributed by atoms with van der Waals surface area (Å²) in [7, 11) is 0. The minimum atomic E-state index is -1.41. The fraction of sp³-hybridized carbons (Fsp3) is 0.889. The molecule has 0 aromatic carbocycles. The molecule has 0 aliphatic carbocycles. The lowest BCUT2D eigenvalue weighted by Crippen LogP contribution is -2.60. The van der Waals surface area contributed by atoms with Crippen LogP contribution in [0.5, 0.6) is 0 Å². The van der Waals surface area contributed by atoms with Gasteiger partial charge in [0, 0.05) is 0 Å². The van der Waals surface area contributed by atoms with E-state index < -0.39 is 42.9 Å². The van der Waals surface area contributed by atoms with Gasteiger partial charge in [0.05, 0.1) is 12.2 Å². The summed E-state index contributed by atoms with van der Waals surface area (Å²) in [5, 5.41) is 38.9. The van der Waals surface area contributed by atoms with E-state index in [4.69, 9.17) is 9.47 Å². The molecule has 0 amide bonds. The van der Waals surface area contributed by atoms with E-state index in [1.54, 1.807) is 0 Å². The smallest absolute Gasteiger partial charge is 0.187 e. The largest absolute Gasteiger partial charge is 0.394 e. The molecule has 5 unspecified atom stereocenters. The lowest BCUT2D eigenvalue weighted by molar-refractivity contribution is -0.323. The molecule has 1 fully saturated rings. The van der Waals surface area contributed by atoms with Crippen LogP contribution < -0.4 is 0 Å². The van der Waals surface area contributed by atoms with Crippen molar-refractivity contribution in [3.63, 3.8) is 0 Å². The second-order valence-electron chi connectivity index (χ2n) is 7.28. The Morgan fingerprint density at radius 1 is 1.08 bits per heavy atom. The summed E-state index contributed by atoms with van der Waals surface area (Å²) in [4.78, 5) is 0. The first-order valence-electron chi connectivity index (χ1n) is 8.86. The van der Waals surface area contributed by atoms with Gasteiger partial charge >= 0.3 is 0 Å².